The third kappa shape index (κ3) is 3.69. The molecule has 0 fully saturated rings. The second kappa shape index (κ2) is 6.52. The number of hydrogen-bond acceptors (Lipinski definition) is 4. The molecule has 0 unspecified atom stereocenters. The van der Waals surface area contributed by atoms with Gasteiger partial charge in [-0.3, -0.25) is 4.79 Å². The number of nitrogens with one attached hydrogen (secondary N) is 1. The minimum Gasteiger partial charge on any atom is -0.379 e. The molecule has 0 spiro atoms. The molecule has 0 atom stereocenters. The van der Waals surface area contributed by atoms with Crippen LogP contribution in [0.3, 0.4) is 0 Å². The van der Waals surface area contributed by atoms with Gasteiger partial charge in [-0.1, -0.05) is 26.0 Å². The van der Waals surface area contributed by atoms with Crippen molar-refractivity contribution in [3.63, 3.8) is 0 Å². The predicted molar refractivity (Wildman–Crippen MR) is 95.6 cm³/mol. The van der Waals surface area contributed by atoms with Crippen LogP contribution in [-0.2, 0) is 16.5 Å². The Morgan fingerprint density at radius 2 is 1.88 bits per heavy atom. The van der Waals surface area contributed by atoms with Crippen molar-refractivity contribution in [2.24, 2.45) is 0 Å². The van der Waals surface area contributed by atoms with E-state index in [1.807, 2.05) is 26.8 Å². The molecule has 1 amide bonds. The molecule has 0 aromatic heterocycles. The van der Waals surface area contributed by atoms with Crippen molar-refractivity contribution in [3.8, 4) is 5.75 Å². The highest BCUT2D eigenvalue weighted by Crippen LogP contribution is 2.26. The third-order valence-corrected chi connectivity index (χ3v) is 5.48. The number of carbonyl (C=O) groups excluding carboxylic acids is 1. The van der Waals surface area contributed by atoms with Gasteiger partial charge in [-0.25, -0.2) is 0 Å². The second-order valence-corrected chi connectivity index (χ2v) is 8.14. The molecular weight excluding hydrogens is 338 g/mol. The van der Waals surface area contributed by atoms with Gasteiger partial charge >= 0.3 is 10.1 Å². The maximum absolute atomic E-state index is 12.6. The van der Waals surface area contributed by atoms with Gasteiger partial charge in [0.05, 0.1) is 0 Å². The van der Waals surface area contributed by atoms with Crippen LogP contribution in [0.15, 0.2) is 41.3 Å². The summed E-state index contributed by atoms with van der Waals surface area (Å²) >= 11 is 0. The van der Waals surface area contributed by atoms with Gasteiger partial charge in [-0.2, -0.15) is 8.42 Å². The van der Waals surface area contributed by atoms with Crippen LogP contribution in [0.25, 0.3) is 0 Å². The molecule has 6 heteroatoms. The molecule has 0 radical (unpaired) electrons. The molecule has 1 aliphatic rings. The fourth-order valence-corrected chi connectivity index (χ4v) is 3.82. The molecule has 2 aromatic rings. The van der Waals surface area contributed by atoms with Crippen LogP contribution in [-0.4, -0.2) is 20.9 Å². The van der Waals surface area contributed by atoms with Crippen molar-refractivity contribution in [3.05, 3.63) is 58.7 Å². The molecule has 0 aliphatic carbocycles. The molecule has 0 saturated heterocycles. The monoisotopic (exact) mass is 359 g/mol. The largest absolute Gasteiger partial charge is 0.379 e. The number of fused-ring (bicyclic) bond motifs is 1. The van der Waals surface area contributed by atoms with Gasteiger partial charge < -0.3 is 9.50 Å². The molecule has 0 bridgehead atoms. The summed E-state index contributed by atoms with van der Waals surface area (Å²) in [7, 11) is -4.01. The lowest BCUT2D eigenvalue weighted by Gasteiger charge is -2.17. The first kappa shape index (κ1) is 17.5. The van der Waals surface area contributed by atoms with Crippen molar-refractivity contribution in [2.45, 2.75) is 38.0 Å². The van der Waals surface area contributed by atoms with Gasteiger partial charge in [0, 0.05) is 12.1 Å². The van der Waals surface area contributed by atoms with Gasteiger partial charge in [0.15, 0.2) is 0 Å². The Morgan fingerprint density at radius 3 is 2.60 bits per heavy atom. The van der Waals surface area contributed by atoms with E-state index in [4.69, 9.17) is 4.18 Å². The quantitative estimate of drug-likeness (QED) is 0.851. The average Bonchev–Trinajstić information content (AvgIpc) is 2.54. The zero-order valence-corrected chi connectivity index (χ0v) is 15.3. The van der Waals surface area contributed by atoms with E-state index < -0.39 is 10.1 Å². The summed E-state index contributed by atoms with van der Waals surface area (Å²) in [5.74, 6) is 0.291. The molecule has 2 aromatic carbocycles. The van der Waals surface area contributed by atoms with Crippen molar-refractivity contribution in [2.75, 3.05) is 6.54 Å². The van der Waals surface area contributed by atoms with Crippen LogP contribution in [0.1, 0.15) is 46.8 Å². The van der Waals surface area contributed by atoms with Crippen molar-refractivity contribution < 1.29 is 17.4 Å². The zero-order chi connectivity index (χ0) is 18.2. The molecule has 1 aliphatic heterocycles. The highest BCUT2D eigenvalue weighted by Gasteiger charge is 2.23. The summed E-state index contributed by atoms with van der Waals surface area (Å²) in [6.45, 7) is 6.54. The maximum atomic E-state index is 12.6. The smallest absolute Gasteiger partial charge is 0.339 e. The lowest BCUT2D eigenvalue weighted by molar-refractivity contribution is 0.0945. The summed E-state index contributed by atoms with van der Waals surface area (Å²) in [6.07, 6.45) is 0.692. The minimum absolute atomic E-state index is 0.0177. The summed E-state index contributed by atoms with van der Waals surface area (Å²) in [4.78, 5) is 11.9. The number of amides is 1. The third-order valence-electron chi connectivity index (χ3n) is 4.24. The Hall–Kier alpha value is -2.34. The Bertz CT molecular complexity index is 932. The molecule has 5 nitrogen and oxygen atoms in total. The normalized spacial score (nSPS) is 14.2. The van der Waals surface area contributed by atoms with E-state index in [9.17, 15) is 13.2 Å². The van der Waals surface area contributed by atoms with E-state index in [0.717, 1.165) is 16.7 Å². The Labute approximate surface area is 148 Å². The Balaban J connectivity index is 1.95. The Kier molecular flexibility index (Phi) is 4.56. The topological polar surface area (TPSA) is 72.5 Å². The first-order valence-electron chi connectivity index (χ1n) is 8.23. The average molecular weight is 359 g/mol. The summed E-state index contributed by atoms with van der Waals surface area (Å²) in [5, 5.41) is 2.72. The molecule has 1 N–H and O–H groups in total. The molecule has 1 heterocycles. The number of carbonyl (C=O) groups is 1. The van der Waals surface area contributed by atoms with Crippen LogP contribution in [0.4, 0.5) is 0 Å². The predicted octanol–water partition coefficient (Wildman–Crippen LogP) is 3.17. The zero-order valence-electron chi connectivity index (χ0n) is 14.5. The van der Waals surface area contributed by atoms with Crippen molar-refractivity contribution in [1.29, 1.82) is 0 Å². The van der Waals surface area contributed by atoms with E-state index >= 15 is 0 Å². The van der Waals surface area contributed by atoms with E-state index in [1.54, 1.807) is 18.2 Å². The number of aryl methyl sites for hydroxylation is 1. The maximum Gasteiger partial charge on any atom is 0.339 e. The van der Waals surface area contributed by atoms with Crippen LogP contribution in [0.5, 0.6) is 5.75 Å². The fourth-order valence-electron chi connectivity index (χ4n) is 2.88. The minimum atomic E-state index is -4.01. The molecule has 3 rings (SSSR count). The molecule has 132 valence electrons. The van der Waals surface area contributed by atoms with E-state index in [2.05, 4.69) is 5.32 Å². The van der Waals surface area contributed by atoms with E-state index in [1.165, 1.54) is 12.1 Å². The van der Waals surface area contributed by atoms with Gasteiger partial charge in [0.25, 0.3) is 5.91 Å². The first-order valence-corrected chi connectivity index (χ1v) is 9.64. The Morgan fingerprint density at radius 1 is 1.12 bits per heavy atom. The SMILES string of the molecule is Cc1cc(OS(=O)(=O)c2ccc3c(c2)C(=O)NCC3)cc(C(C)C)c1. The van der Waals surface area contributed by atoms with Crippen molar-refractivity contribution >= 4 is 16.0 Å². The van der Waals surface area contributed by atoms with Crippen LogP contribution in [0.2, 0.25) is 0 Å². The summed E-state index contributed by atoms with van der Waals surface area (Å²) < 4.78 is 30.6. The molecule has 0 saturated carbocycles. The lowest BCUT2D eigenvalue weighted by atomic mass is 10.0. The molecule has 25 heavy (non-hydrogen) atoms. The van der Waals surface area contributed by atoms with Gasteiger partial charge in [-0.05, 0) is 60.2 Å². The van der Waals surface area contributed by atoms with Crippen molar-refractivity contribution in [1.82, 2.24) is 5.32 Å². The van der Waals surface area contributed by atoms with Crippen LogP contribution < -0.4 is 9.50 Å². The highest BCUT2D eigenvalue weighted by atomic mass is 32.2. The summed E-state index contributed by atoms with van der Waals surface area (Å²) in [5.41, 5.74) is 3.18. The van der Waals surface area contributed by atoms with Crippen LogP contribution >= 0.6 is 0 Å². The van der Waals surface area contributed by atoms with Gasteiger partial charge in [0.1, 0.15) is 10.6 Å². The highest BCUT2D eigenvalue weighted by molar-refractivity contribution is 7.87. The van der Waals surface area contributed by atoms with Gasteiger partial charge in [-0.15, -0.1) is 0 Å². The van der Waals surface area contributed by atoms with Gasteiger partial charge in [0.2, 0.25) is 0 Å². The number of benzene rings is 2. The van der Waals surface area contributed by atoms with Crippen LogP contribution in [0, 0.1) is 6.92 Å². The standard InChI is InChI=1S/C19H21NO4S/c1-12(2)15-8-13(3)9-16(10-15)24-25(22,23)17-5-4-14-6-7-20-19(21)18(14)11-17/h4-5,8-12H,6-7H2,1-3H3,(H,20,21). The second-order valence-electron chi connectivity index (χ2n) is 6.60. The molecular formula is C19H21NO4S. The van der Waals surface area contributed by atoms with E-state index in [0.29, 0.717) is 18.5 Å². The summed E-state index contributed by atoms with van der Waals surface area (Å²) in [6, 6.07) is 9.99. The number of rotatable bonds is 4. The number of hydrogen-bond donors (Lipinski definition) is 1. The van der Waals surface area contributed by atoms with E-state index in [-0.39, 0.29) is 22.5 Å². The first-order chi connectivity index (χ1) is 11.8. The fraction of sp³-hybridized carbons (Fsp3) is 0.316. The lowest BCUT2D eigenvalue weighted by Crippen LogP contribution is -2.32.